The molecule has 0 saturated heterocycles. The van der Waals surface area contributed by atoms with Crippen molar-refractivity contribution in [2.45, 2.75) is 13.8 Å². The minimum absolute atomic E-state index is 0.458. The molecule has 88 valence electrons. The van der Waals surface area contributed by atoms with E-state index in [-0.39, 0.29) is 0 Å². The number of hydrogen-bond acceptors (Lipinski definition) is 3. The second-order valence-electron chi connectivity index (χ2n) is 2.96. The zero-order chi connectivity index (χ0) is 12.0. The molecule has 2 N–H and O–H groups in total. The molecule has 0 atom stereocenters. The largest absolute Gasteiger partial charge is 0.490 e. The third-order valence-corrected chi connectivity index (χ3v) is 1.79. The molecule has 0 unspecified atom stereocenters. The molecule has 1 amide bonds. The van der Waals surface area contributed by atoms with Crippen LogP contribution in [0.2, 0.25) is 0 Å². The van der Waals surface area contributed by atoms with Crippen molar-refractivity contribution in [1.29, 1.82) is 0 Å². The van der Waals surface area contributed by atoms with Crippen LogP contribution in [0.5, 0.6) is 11.5 Å². The second kappa shape index (κ2) is 5.85. The Morgan fingerprint density at radius 2 is 1.88 bits per heavy atom. The SMILES string of the molecule is CCOc1ccc(NC(=O)O)cc1OCC. The van der Waals surface area contributed by atoms with Crippen LogP contribution in [-0.4, -0.2) is 24.4 Å². The van der Waals surface area contributed by atoms with E-state index in [4.69, 9.17) is 14.6 Å². The zero-order valence-corrected chi connectivity index (χ0v) is 9.32. The molecule has 0 aliphatic carbocycles. The van der Waals surface area contributed by atoms with Gasteiger partial charge in [-0.15, -0.1) is 0 Å². The highest BCUT2D eigenvalue weighted by Crippen LogP contribution is 2.30. The lowest BCUT2D eigenvalue weighted by Gasteiger charge is -2.12. The summed E-state index contributed by atoms with van der Waals surface area (Å²) in [6.45, 7) is 4.76. The predicted molar refractivity (Wildman–Crippen MR) is 60.4 cm³/mol. The van der Waals surface area contributed by atoms with Gasteiger partial charge in [-0.2, -0.15) is 0 Å². The van der Waals surface area contributed by atoms with Crippen molar-refractivity contribution in [1.82, 2.24) is 0 Å². The number of carbonyl (C=O) groups is 1. The number of benzene rings is 1. The third-order valence-electron chi connectivity index (χ3n) is 1.79. The lowest BCUT2D eigenvalue weighted by Crippen LogP contribution is -2.07. The Balaban J connectivity index is 2.92. The summed E-state index contributed by atoms with van der Waals surface area (Å²) in [4.78, 5) is 10.5. The highest BCUT2D eigenvalue weighted by atomic mass is 16.5. The molecule has 0 aromatic heterocycles. The summed E-state index contributed by atoms with van der Waals surface area (Å²) in [6, 6.07) is 4.91. The van der Waals surface area contributed by atoms with E-state index in [0.717, 1.165) is 0 Å². The van der Waals surface area contributed by atoms with Gasteiger partial charge in [0.05, 0.1) is 13.2 Å². The highest BCUT2D eigenvalue weighted by molar-refractivity contribution is 5.83. The maximum Gasteiger partial charge on any atom is 0.409 e. The molecule has 1 aromatic carbocycles. The van der Waals surface area contributed by atoms with E-state index in [0.29, 0.717) is 30.4 Å². The van der Waals surface area contributed by atoms with Crippen molar-refractivity contribution < 1.29 is 19.4 Å². The van der Waals surface area contributed by atoms with Gasteiger partial charge in [-0.05, 0) is 26.0 Å². The zero-order valence-electron chi connectivity index (χ0n) is 9.32. The Hall–Kier alpha value is -1.91. The molecular formula is C11H15NO4. The summed E-state index contributed by atoms with van der Waals surface area (Å²) in [7, 11) is 0. The molecule has 0 saturated carbocycles. The number of amides is 1. The van der Waals surface area contributed by atoms with Crippen molar-refractivity contribution >= 4 is 11.8 Å². The van der Waals surface area contributed by atoms with Gasteiger partial charge in [0.1, 0.15) is 0 Å². The number of hydrogen-bond donors (Lipinski definition) is 2. The minimum Gasteiger partial charge on any atom is -0.490 e. The molecule has 1 rings (SSSR count). The molecule has 0 aliphatic heterocycles. The van der Waals surface area contributed by atoms with Crippen LogP contribution in [0.1, 0.15) is 13.8 Å². The molecule has 16 heavy (non-hydrogen) atoms. The van der Waals surface area contributed by atoms with E-state index in [1.807, 2.05) is 13.8 Å². The molecule has 5 heteroatoms. The quantitative estimate of drug-likeness (QED) is 0.808. The fourth-order valence-electron chi connectivity index (χ4n) is 1.25. The summed E-state index contributed by atoms with van der Waals surface area (Å²) in [6.07, 6.45) is -1.10. The van der Waals surface area contributed by atoms with Crippen LogP contribution in [0.15, 0.2) is 18.2 Å². The fraction of sp³-hybridized carbons (Fsp3) is 0.364. The van der Waals surface area contributed by atoms with E-state index < -0.39 is 6.09 Å². The van der Waals surface area contributed by atoms with Gasteiger partial charge < -0.3 is 14.6 Å². The molecular weight excluding hydrogens is 210 g/mol. The minimum atomic E-state index is -1.10. The van der Waals surface area contributed by atoms with E-state index >= 15 is 0 Å². The Morgan fingerprint density at radius 3 is 2.44 bits per heavy atom. The lowest BCUT2D eigenvalue weighted by molar-refractivity contribution is 0.209. The summed E-state index contributed by atoms with van der Waals surface area (Å²) in [5.41, 5.74) is 0.458. The molecule has 5 nitrogen and oxygen atoms in total. The Morgan fingerprint density at radius 1 is 1.25 bits per heavy atom. The standard InChI is InChI=1S/C11H15NO4/c1-3-15-9-6-5-8(12-11(13)14)7-10(9)16-4-2/h5-7,12H,3-4H2,1-2H3,(H,13,14). The lowest BCUT2D eigenvalue weighted by atomic mass is 10.2. The summed E-state index contributed by atoms with van der Waals surface area (Å²) < 4.78 is 10.7. The van der Waals surface area contributed by atoms with Gasteiger partial charge in [-0.3, -0.25) is 5.32 Å². The first-order valence-corrected chi connectivity index (χ1v) is 5.07. The second-order valence-corrected chi connectivity index (χ2v) is 2.96. The average Bonchev–Trinajstić information content (AvgIpc) is 2.21. The topological polar surface area (TPSA) is 67.8 Å². The summed E-state index contributed by atoms with van der Waals surface area (Å²) in [5.74, 6) is 1.15. The predicted octanol–water partition coefficient (Wildman–Crippen LogP) is 2.57. The van der Waals surface area contributed by atoms with E-state index in [9.17, 15) is 4.79 Å². The number of ether oxygens (including phenoxy) is 2. The molecule has 0 bridgehead atoms. The normalized spacial score (nSPS) is 9.62. The van der Waals surface area contributed by atoms with Crippen LogP contribution in [0.4, 0.5) is 10.5 Å². The van der Waals surface area contributed by atoms with Crippen molar-refractivity contribution in [3.05, 3.63) is 18.2 Å². The van der Waals surface area contributed by atoms with Gasteiger partial charge in [0.15, 0.2) is 11.5 Å². The monoisotopic (exact) mass is 225 g/mol. The molecule has 0 aliphatic rings. The molecule has 0 heterocycles. The van der Waals surface area contributed by atoms with Crippen molar-refractivity contribution in [2.75, 3.05) is 18.5 Å². The maximum absolute atomic E-state index is 10.5. The van der Waals surface area contributed by atoms with Gasteiger partial charge in [0, 0.05) is 11.8 Å². The Kier molecular flexibility index (Phi) is 4.44. The van der Waals surface area contributed by atoms with Crippen LogP contribution >= 0.6 is 0 Å². The van der Waals surface area contributed by atoms with Crippen LogP contribution < -0.4 is 14.8 Å². The molecule has 0 spiro atoms. The van der Waals surface area contributed by atoms with Crippen LogP contribution in [-0.2, 0) is 0 Å². The Labute approximate surface area is 94.0 Å². The van der Waals surface area contributed by atoms with Crippen LogP contribution in [0.25, 0.3) is 0 Å². The number of anilines is 1. The van der Waals surface area contributed by atoms with Crippen molar-refractivity contribution in [3.63, 3.8) is 0 Å². The van der Waals surface area contributed by atoms with Crippen molar-refractivity contribution in [3.8, 4) is 11.5 Å². The van der Waals surface area contributed by atoms with E-state index in [1.165, 1.54) is 0 Å². The molecule has 1 aromatic rings. The molecule has 0 fully saturated rings. The Bertz CT molecular complexity index is 365. The third kappa shape index (κ3) is 3.34. The van der Waals surface area contributed by atoms with Gasteiger partial charge in [0.25, 0.3) is 0 Å². The summed E-state index contributed by atoms with van der Waals surface area (Å²) >= 11 is 0. The van der Waals surface area contributed by atoms with Gasteiger partial charge in [-0.25, -0.2) is 4.79 Å². The van der Waals surface area contributed by atoms with Gasteiger partial charge in [-0.1, -0.05) is 0 Å². The number of carboxylic acid groups (broad SMARTS) is 1. The van der Waals surface area contributed by atoms with Crippen LogP contribution in [0, 0.1) is 0 Å². The smallest absolute Gasteiger partial charge is 0.409 e. The fourth-order valence-corrected chi connectivity index (χ4v) is 1.25. The number of rotatable bonds is 5. The van der Waals surface area contributed by atoms with Gasteiger partial charge in [0.2, 0.25) is 0 Å². The maximum atomic E-state index is 10.5. The summed E-state index contributed by atoms with van der Waals surface area (Å²) in [5, 5.41) is 10.8. The average molecular weight is 225 g/mol. The van der Waals surface area contributed by atoms with Gasteiger partial charge >= 0.3 is 6.09 Å². The van der Waals surface area contributed by atoms with Crippen molar-refractivity contribution in [2.24, 2.45) is 0 Å². The number of nitrogens with one attached hydrogen (secondary N) is 1. The molecule has 0 radical (unpaired) electrons. The first kappa shape index (κ1) is 12.2. The first-order valence-electron chi connectivity index (χ1n) is 5.07. The van der Waals surface area contributed by atoms with E-state index in [2.05, 4.69) is 5.32 Å². The highest BCUT2D eigenvalue weighted by Gasteiger charge is 2.07. The van der Waals surface area contributed by atoms with Crippen LogP contribution in [0.3, 0.4) is 0 Å². The van der Waals surface area contributed by atoms with E-state index in [1.54, 1.807) is 18.2 Å². The first-order chi connectivity index (χ1) is 7.67.